The van der Waals surface area contributed by atoms with E-state index < -0.39 is 17.6 Å². The van der Waals surface area contributed by atoms with Crippen LogP contribution < -0.4 is 4.74 Å². The summed E-state index contributed by atoms with van der Waals surface area (Å²) in [5.41, 5.74) is 0.452. The zero-order valence-corrected chi connectivity index (χ0v) is 12.4. The number of ether oxygens (including phenoxy) is 1. The fraction of sp³-hybridized carbons (Fsp3) is 0.133. The number of carboxylic acids is 1. The number of carboxylic acid groups (broad SMARTS) is 1. The van der Waals surface area contributed by atoms with Crippen molar-refractivity contribution >= 4 is 21.9 Å². The summed E-state index contributed by atoms with van der Waals surface area (Å²) < 4.78 is 32.8. The summed E-state index contributed by atoms with van der Waals surface area (Å²) in [6.45, 7) is -0.255. The molecule has 0 unspecified atom stereocenters. The SMILES string of the molecule is O=C(O)Cc1ccc(OCc2c(F)ccc(Br)c2F)cc1. The van der Waals surface area contributed by atoms with E-state index >= 15 is 0 Å². The van der Waals surface area contributed by atoms with E-state index in [9.17, 15) is 13.6 Å². The Morgan fingerprint density at radius 2 is 1.81 bits per heavy atom. The minimum Gasteiger partial charge on any atom is -0.489 e. The van der Waals surface area contributed by atoms with E-state index in [1.165, 1.54) is 6.07 Å². The molecule has 0 fully saturated rings. The van der Waals surface area contributed by atoms with E-state index in [2.05, 4.69) is 15.9 Å². The Bertz CT molecular complexity index is 657. The van der Waals surface area contributed by atoms with Gasteiger partial charge in [0.25, 0.3) is 0 Å². The first kappa shape index (κ1) is 15.4. The zero-order valence-electron chi connectivity index (χ0n) is 10.8. The van der Waals surface area contributed by atoms with E-state index in [4.69, 9.17) is 9.84 Å². The maximum Gasteiger partial charge on any atom is 0.307 e. The molecule has 0 bridgehead atoms. The molecule has 21 heavy (non-hydrogen) atoms. The van der Waals surface area contributed by atoms with Crippen molar-refractivity contribution < 1.29 is 23.4 Å². The number of benzene rings is 2. The molecule has 1 N–H and O–H groups in total. The Balaban J connectivity index is 2.07. The second-order valence-corrected chi connectivity index (χ2v) is 5.18. The van der Waals surface area contributed by atoms with Crippen molar-refractivity contribution in [2.75, 3.05) is 0 Å². The molecular formula is C15H11BrF2O3. The van der Waals surface area contributed by atoms with Gasteiger partial charge in [-0.2, -0.15) is 0 Å². The lowest BCUT2D eigenvalue weighted by molar-refractivity contribution is -0.136. The molecule has 2 aromatic rings. The number of aliphatic carboxylic acids is 1. The zero-order chi connectivity index (χ0) is 15.4. The van der Waals surface area contributed by atoms with Crippen molar-refractivity contribution in [1.29, 1.82) is 0 Å². The van der Waals surface area contributed by atoms with Crippen LogP contribution in [0.3, 0.4) is 0 Å². The average Bonchev–Trinajstić information content (AvgIpc) is 2.44. The quantitative estimate of drug-likeness (QED) is 0.825. The van der Waals surface area contributed by atoms with Crippen LogP contribution in [0, 0.1) is 11.6 Å². The van der Waals surface area contributed by atoms with Gasteiger partial charge in [0.05, 0.1) is 16.5 Å². The molecule has 110 valence electrons. The van der Waals surface area contributed by atoms with E-state index in [1.807, 2.05) is 0 Å². The molecule has 0 heterocycles. The standard InChI is InChI=1S/C15H11BrF2O3/c16-12-5-6-13(17)11(15(12)18)8-21-10-3-1-9(2-4-10)7-14(19)20/h1-6H,7-8H2,(H,19,20). The third-order valence-electron chi connectivity index (χ3n) is 2.80. The van der Waals surface area contributed by atoms with Crippen molar-refractivity contribution in [3.05, 3.63) is 63.6 Å². The number of carbonyl (C=O) groups is 1. The summed E-state index contributed by atoms with van der Waals surface area (Å²) in [7, 11) is 0. The molecule has 0 aromatic heterocycles. The Hall–Kier alpha value is -1.95. The first-order valence-electron chi connectivity index (χ1n) is 6.03. The van der Waals surface area contributed by atoms with Crippen LogP contribution in [-0.4, -0.2) is 11.1 Å². The van der Waals surface area contributed by atoms with Gasteiger partial charge in [0.1, 0.15) is 24.0 Å². The van der Waals surface area contributed by atoms with Crippen LogP contribution in [0.5, 0.6) is 5.75 Å². The normalized spacial score (nSPS) is 10.4. The summed E-state index contributed by atoms with van der Waals surface area (Å²) in [5, 5.41) is 8.66. The first-order chi connectivity index (χ1) is 9.97. The molecule has 0 radical (unpaired) electrons. The smallest absolute Gasteiger partial charge is 0.307 e. The van der Waals surface area contributed by atoms with E-state index in [0.717, 1.165) is 6.07 Å². The topological polar surface area (TPSA) is 46.5 Å². The Kier molecular flexibility index (Phi) is 4.90. The number of hydrogen-bond donors (Lipinski definition) is 1. The molecule has 2 aromatic carbocycles. The van der Waals surface area contributed by atoms with Crippen LogP contribution in [0.25, 0.3) is 0 Å². The van der Waals surface area contributed by atoms with Crippen LogP contribution in [0.4, 0.5) is 8.78 Å². The largest absolute Gasteiger partial charge is 0.489 e. The molecule has 0 saturated carbocycles. The van der Waals surface area contributed by atoms with Gasteiger partial charge >= 0.3 is 5.97 Å². The van der Waals surface area contributed by atoms with Gasteiger partial charge < -0.3 is 9.84 Å². The van der Waals surface area contributed by atoms with Crippen molar-refractivity contribution in [3.63, 3.8) is 0 Å². The van der Waals surface area contributed by atoms with Crippen molar-refractivity contribution in [2.45, 2.75) is 13.0 Å². The summed E-state index contributed by atoms with van der Waals surface area (Å²) in [6.07, 6.45) is -0.0881. The van der Waals surface area contributed by atoms with Crippen molar-refractivity contribution in [1.82, 2.24) is 0 Å². The molecule has 0 spiro atoms. The van der Waals surface area contributed by atoms with Crippen molar-refractivity contribution in [3.8, 4) is 5.75 Å². The van der Waals surface area contributed by atoms with Gasteiger partial charge in [0, 0.05) is 0 Å². The Labute approximate surface area is 128 Å². The van der Waals surface area contributed by atoms with Gasteiger partial charge in [0.2, 0.25) is 0 Å². The molecule has 0 amide bonds. The van der Waals surface area contributed by atoms with Crippen LogP contribution in [0.15, 0.2) is 40.9 Å². The predicted molar refractivity (Wildman–Crippen MR) is 76.2 cm³/mol. The molecule has 0 atom stereocenters. The highest BCUT2D eigenvalue weighted by molar-refractivity contribution is 9.10. The van der Waals surface area contributed by atoms with Crippen LogP contribution >= 0.6 is 15.9 Å². The van der Waals surface area contributed by atoms with E-state index in [-0.39, 0.29) is 23.1 Å². The highest BCUT2D eigenvalue weighted by atomic mass is 79.9. The van der Waals surface area contributed by atoms with Gasteiger partial charge in [-0.1, -0.05) is 12.1 Å². The number of rotatable bonds is 5. The highest BCUT2D eigenvalue weighted by Crippen LogP contribution is 2.23. The van der Waals surface area contributed by atoms with E-state index in [0.29, 0.717) is 11.3 Å². The molecule has 0 saturated heterocycles. The number of halogens is 3. The van der Waals surface area contributed by atoms with E-state index in [1.54, 1.807) is 24.3 Å². The second-order valence-electron chi connectivity index (χ2n) is 4.32. The van der Waals surface area contributed by atoms with Crippen molar-refractivity contribution in [2.24, 2.45) is 0 Å². The molecule has 2 rings (SSSR count). The summed E-state index contributed by atoms with van der Waals surface area (Å²) in [6, 6.07) is 8.75. The summed E-state index contributed by atoms with van der Waals surface area (Å²) >= 11 is 2.99. The Morgan fingerprint density at radius 1 is 1.14 bits per heavy atom. The lowest BCUT2D eigenvalue weighted by Crippen LogP contribution is -2.03. The minimum absolute atomic E-state index is 0.0881. The lowest BCUT2D eigenvalue weighted by atomic mass is 10.1. The average molecular weight is 357 g/mol. The van der Waals surface area contributed by atoms with Crippen LogP contribution in [0.2, 0.25) is 0 Å². The van der Waals surface area contributed by atoms with Crippen LogP contribution in [0.1, 0.15) is 11.1 Å². The maximum absolute atomic E-state index is 13.7. The monoisotopic (exact) mass is 356 g/mol. The first-order valence-corrected chi connectivity index (χ1v) is 6.82. The number of hydrogen-bond acceptors (Lipinski definition) is 2. The predicted octanol–water partition coefficient (Wildman–Crippen LogP) is 3.93. The van der Waals surface area contributed by atoms with Gasteiger partial charge in [-0.15, -0.1) is 0 Å². The van der Waals surface area contributed by atoms with Gasteiger partial charge in [0.15, 0.2) is 0 Å². The molecule has 6 heteroatoms. The third-order valence-corrected chi connectivity index (χ3v) is 3.41. The molecule has 3 nitrogen and oxygen atoms in total. The third kappa shape index (κ3) is 4.01. The lowest BCUT2D eigenvalue weighted by Gasteiger charge is -2.09. The molecule has 0 aliphatic rings. The highest BCUT2D eigenvalue weighted by Gasteiger charge is 2.13. The maximum atomic E-state index is 13.7. The van der Waals surface area contributed by atoms with Gasteiger partial charge in [-0.25, -0.2) is 8.78 Å². The van der Waals surface area contributed by atoms with Gasteiger partial charge in [-0.05, 0) is 45.8 Å². The molecule has 0 aliphatic carbocycles. The summed E-state index contributed by atoms with van der Waals surface area (Å²) in [4.78, 5) is 10.6. The fourth-order valence-corrected chi connectivity index (χ4v) is 2.11. The van der Waals surface area contributed by atoms with Gasteiger partial charge in [-0.3, -0.25) is 4.79 Å². The minimum atomic E-state index is -0.929. The van der Waals surface area contributed by atoms with Crippen LogP contribution in [-0.2, 0) is 17.8 Å². The Morgan fingerprint density at radius 3 is 2.43 bits per heavy atom. The molecular weight excluding hydrogens is 346 g/mol. The fourth-order valence-electron chi connectivity index (χ4n) is 1.74. The second kappa shape index (κ2) is 6.67. The molecule has 0 aliphatic heterocycles. The summed E-state index contributed by atoms with van der Waals surface area (Å²) in [5.74, 6) is -1.90.